The summed E-state index contributed by atoms with van der Waals surface area (Å²) in [7, 11) is 0. The van der Waals surface area contributed by atoms with Crippen LogP contribution in [0.1, 0.15) is 18.3 Å². The molecule has 5 heteroatoms. The van der Waals surface area contributed by atoms with E-state index >= 15 is 0 Å². The fourth-order valence-corrected chi connectivity index (χ4v) is 2.78. The molecule has 0 aliphatic rings. The average Bonchev–Trinajstić information content (AvgIpc) is 2.76. The normalized spacial score (nSPS) is 11.2. The van der Waals surface area contributed by atoms with Gasteiger partial charge in [-0.05, 0) is 26.0 Å². The number of benzene rings is 1. The molecule has 0 aliphatic carbocycles. The lowest BCUT2D eigenvalue weighted by atomic mass is 10.1. The number of pyridine rings is 1. The molecule has 0 amide bonds. The van der Waals surface area contributed by atoms with Crippen LogP contribution in [0, 0.1) is 6.92 Å². The molecule has 0 radical (unpaired) electrons. The van der Waals surface area contributed by atoms with Crippen LogP contribution >= 0.6 is 11.6 Å². The first-order valence-electron chi connectivity index (χ1n) is 6.82. The molecular formula is C16H15ClN2O2. The molecule has 1 aromatic carbocycles. The quantitative estimate of drug-likeness (QED) is 0.695. The Morgan fingerprint density at radius 2 is 2.14 bits per heavy atom. The van der Waals surface area contributed by atoms with Crippen LogP contribution in [0.2, 0.25) is 5.02 Å². The molecular weight excluding hydrogens is 288 g/mol. The fraction of sp³-hybridized carbons (Fsp3) is 0.250. The number of rotatable bonds is 3. The van der Waals surface area contributed by atoms with Crippen molar-refractivity contribution in [3.05, 3.63) is 46.9 Å². The molecule has 0 fully saturated rings. The molecule has 0 aliphatic heterocycles. The zero-order valence-corrected chi connectivity index (χ0v) is 12.6. The van der Waals surface area contributed by atoms with E-state index in [1.165, 1.54) is 0 Å². The van der Waals surface area contributed by atoms with Gasteiger partial charge in [-0.1, -0.05) is 23.7 Å². The van der Waals surface area contributed by atoms with Gasteiger partial charge in [0, 0.05) is 22.0 Å². The first kappa shape index (κ1) is 13.9. The molecule has 0 bridgehead atoms. The topological polar surface area (TPSA) is 43.6 Å². The summed E-state index contributed by atoms with van der Waals surface area (Å²) in [5, 5.41) is 2.63. The van der Waals surface area contributed by atoms with E-state index in [9.17, 15) is 4.79 Å². The van der Waals surface area contributed by atoms with Gasteiger partial charge in [0.15, 0.2) is 0 Å². The molecule has 4 nitrogen and oxygen atoms in total. The summed E-state index contributed by atoms with van der Waals surface area (Å²) >= 11 is 6.22. The lowest BCUT2D eigenvalue weighted by Gasteiger charge is -2.05. The molecule has 0 spiro atoms. The molecule has 0 saturated heterocycles. The second kappa shape index (κ2) is 5.37. The van der Waals surface area contributed by atoms with E-state index in [1.807, 2.05) is 41.8 Å². The molecule has 21 heavy (non-hydrogen) atoms. The molecule has 3 aromatic rings. The minimum absolute atomic E-state index is 0.215. The third kappa shape index (κ3) is 2.36. The van der Waals surface area contributed by atoms with Crippen molar-refractivity contribution in [2.24, 2.45) is 0 Å². The molecule has 0 atom stereocenters. The standard InChI is InChI=1S/C16H15ClN2O2/c1-3-21-15(20)9-14-10(2)18-16-12-5-4-6-13(17)11(12)7-8-19(14)16/h4-8H,3,9H2,1-2H3. The summed E-state index contributed by atoms with van der Waals surface area (Å²) in [6, 6.07) is 7.69. The van der Waals surface area contributed by atoms with Crippen molar-refractivity contribution in [1.82, 2.24) is 9.38 Å². The van der Waals surface area contributed by atoms with Crippen LogP contribution in [0.5, 0.6) is 0 Å². The number of fused-ring (bicyclic) bond motifs is 3. The second-order valence-corrected chi connectivity index (χ2v) is 5.24. The van der Waals surface area contributed by atoms with Gasteiger partial charge in [0.05, 0.1) is 24.4 Å². The van der Waals surface area contributed by atoms with E-state index in [0.717, 1.165) is 27.8 Å². The zero-order chi connectivity index (χ0) is 15.0. The zero-order valence-electron chi connectivity index (χ0n) is 11.9. The van der Waals surface area contributed by atoms with Gasteiger partial charge in [0.25, 0.3) is 0 Å². The third-order valence-electron chi connectivity index (χ3n) is 3.51. The lowest BCUT2D eigenvalue weighted by Crippen LogP contribution is -2.10. The van der Waals surface area contributed by atoms with E-state index in [0.29, 0.717) is 11.6 Å². The van der Waals surface area contributed by atoms with Crippen LogP contribution in [-0.2, 0) is 16.0 Å². The van der Waals surface area contributed by atoms with Crippen molar-refractivity contribution >= 4 is 34.0 Å². The summed E-state index contributed by atoms with van der Waals surface area (Å²) in [6.45, 7) is 4.08. The Kier molecular flexibility index (Phi) is 3.55. The Bertz CT molecular complexity index is 839. The number of hydrogen-bond acceptors (Lipinski definition) is 3. The summed E-state index contributed by atoms with van der Waals surface area (Å²) in [5.41, 5.74) is 2.49. The number of aryl methyl sites for hydroxylation is 1. The number of nitrogens with zero attached hydrogens (tertiary/aromatic N) is 2. The highest BCUT2D eigenvalue weighted by Gasteiger charge is 2.15. The first-order chi connectivity index (χ1) is 10.1. The van der Waals surface area contributed by atoms with Gasteiger partial charge in [-0.25, -0.2) is 4.98 Å². The highest BCUT2D eigenvalue weighted by atomic mass is 35.5. The minimum Gasteiger partial charge on any atom is -0.466 e. The van der Waals surface area contributed by atoms with Crippen molar-refractivity contribution in [2.45, 2.75) is 20.3 Å². The van der Waals surface area contributed by atoms with Gasteiger partial charge in [-0.15, -0.1) is 0 Å². The number of hydrogen-bond donors (Lipinski definition) is 0. The fourth-order valence-electron chi connectivity index (χ4n) is 2.54. The van der Waals surface area contributed by atoms with Crippen LogP contribution in [0.25, 0.3) is 16.4 Å². The Labute approximate surface area is 127 Å². The third-order valence-corrected chi connectivity index (χ3v) is 3.84. The Morgan fingerprint density at radius 1 is 1.33 bits per heavy atom. The Hall–Kier alpha value is -2.07. The predicted octanol–water partition coefficient (Wildman–Crippen LogP) is 3.55. The van der Waals surface area contributed by atoms with Gasteiger partial charge in [-0.3, -0.25) is 4.79 Å². The number of carbonyl (C=O) groups is 1. The maximum absolute atomic E-state index is 11.7. The summed E-state index contributed by atoms with van der Waals surface area (Å²) in [4.78, 5) is 16.3. The number of carbonyl (C=O) groups excluding carboxylic acids is 1. The first-order valence-corrected chi connectivity index (χ1v) is 7.20. The number of ether oxygens (including phenoxy) is 1. The average molecular weight is 303 g/mol. The van der Waals surface area contributed by atoms with E-state index in [2.05, 4.69) is 4.98 Å². The predicted molar refractivity (Wildman–Crippen MR) is 82.8 cm³/mol. The van der Waals surface area contributed by atoms with Crippen LogP contribution in [0.4, 0.5) is 0 Å². The summed E-state index contributed by atoms with van der Waals surface area (Å²) in [6.07, 6.45) is 2.12. The molecule has 0 unspecified atom stereocenters. The van der Waals surface area contributed by atoms with Gasteiger partial charge in [-0.2, -0.15) is 0 Å². The van der Waals surface area contributed by atoms with E-state index in [1.54, 1.807) is 6.92 Å². The van der Waals surface area contributed by atoms with Crippen LogP contribution in [0.15, 0.2) is 30.5 Å². The van der Waals surface area contributed by atoms with Gasteiger partial charge in [0.1, 0.15) is 5.65 Å². The highest BCUT2D eigenvalue weighted by Crippen LogP contribution is 2.27. The smallest absolute Gasteiger partial charge is 0.311 e. The number of imidazole rings is 1. The monoisotopic (exact) mass is 302 g/mol. The van der Waals surface area contributed by atoms with E-state index < -0.39 is 0 Å². The molecule has 0 N–H and O–H groups in total. The van der Waals surface area contributed by atoms with Crippen LogP contribution in [0.3, 0.4) is 0 Å². The Morgan fingerprint density at radius 3 is 2.90 bits per heavy atom. The van der Waals surface area contributed by atoms with E-state index in [-0.39, 0.29) is 12.4 Å². The van der Waals surface area contributed by atoms with Crippen molar-refractivity contribution in [3.63, 3.8) is 0 Å². The largest absolute Gasteiger partial charge is 0.466 e. The molecule has 0 saturated carbocycles. The molecule has 108 valence electrons. The maximum atomic E-state index is 11.7. The van der Waals surface area contributed by atoms with Crippen molar-refractivity contribution in [3.8, 4) is 0 Å². The number of esters is 1. The number of aromatic nitrogens is 2. The highest BCUT2D eigenvalue weighted by molar-refractivity contribution is 6.35. The molecule has 2 heterocycles. The molecule has 2 aromatic heterocycles. The van der Waals surface area contributed by atoms with Gasteiger partial charge < -0.3 is 9.14 Å². The summed E-state index contributed by atoms with van der Waals surface area (Å²) < 4.78 is 6.96. The summed E-state index contributed by atoms with van der Waals surface area (Å²) in [5.74, 6) is -0.242. The van der Waals surface area contributed by atoms with Crippen LogP contribution in [-0.4, -0.2) is 22.0 Å². The maximum Gasteiger partial charge on any atom is 0.311 e. The van der Waals surface area contributed by atoms with Crippen molar-refractivity contribution < 1.29 is 9.53 Å². The molecule has 3 rings (SSSR count). The van der Waals surface area contributed by atoms with Gasteiger partial charge in [0.2, 0.25) is 0 Å². The second-order valence-electron chi connectivity index (χ2n) is 4.84. The van der Waals surface area contributed by atoms with Crippen molar-refractivity contribution in [2.75, 3.05) is 6.61 Å². The van der Waals surface area contributed by atoms with Gasteiger partial charge >= 0.3 is 5.97 Å². The van der Waals surface area contributed by atoms with Crippen LogP contribution < -0.4 is 0 Å². The van der Waals surface area contributed by atoms with Crippen molar-refractivity contribution in [1.29, 1.82) is 0 Å². The Balaban J connectivity index is 2.19. The lowest BCUT2D eigenvalue weighted by molar-refractivity contribution is -0.142. The SMILES string of the molecule is CCOC(=O)Cc1c(C)nc2c3cccc(Cl)c3ccn12. The number of halogens is 1. The van der Waals surface area contributed by atoms with E-state index in [4.69, 9.17) is 16.3 Å². The minimum atomic E-state index is -0.242.